The maximum absolute atomic E-state index is 11.7. The molecule has 1 aromatic heterocycles. The van der Waals surface area contributed by atoms with Gasteiger partial charge in [-0.2, -0.15) is 0 Å². The maximum Gasteiger partial charge on any atom is 0.419 e. The molecule has 0 saturated carbocycles. The van der Waals surface area contributed by atoms with E-state index in [1.54, 1.807) is 11.6 Å². The van der Waals surface area contributed by atoms with E-state index in [1.807, 2.05) is 6.07 Å². The van der Waals surface area contributed by atoms with Gasteiger partial charge in [0.05, 0.1) is 5.52 Å². The Morgan fingerprint density at radius 3 is 2.88 bits per heavy atom. The third-order valence-corrected chi connectivity index (χ3v) is 5.65. The molecule has 0 atom stereocenters. The highest BCUT2D eigenvalue weighted by atomic mass is 16.5. The van der Waals surface area contributed by atoms with E-state index >= 15 is 0 Å². The Hall–Kier alpha value is -1.63. The molecule has 2 fully saturated rings. The van der Waals surface area contributed by atoms with Gasteiger partial charge in [0.25, 0.3) is 0 Å². The van der Waals surface area contributed by atoms with Crippen molar-refractivity contribution in [3.63, 3.8) is 0 Å². The van der Waals surface area contributed by atoms with Crippen LogP contribution in [0.25, 0.3) is 11.1 Å². The summed E-state index contributed by atoms with van der Waals surface area (Å²) in [6, 6.07) is 6.08. The Morgan fingerprint density at radius 2 is 2.04 bits per heavy atom. The van der Waals surface area contributed by atoms with Crippen LogP contribution in [0.5, 0.6) is 0 Å². The van der Waals surface area contributed by atoms with Crippen LogP contribution in [-0.4, -0.2) is 47.9 Å². The van der Waals surface area contributed by atoms with E-state index in [9.17, 15) is 4.79 Å². The van der Waals surface area contributed by atoms with Crippen LogP contribution in [0, 0.1) is 0 Å². The van der Waals surface area contributed by atoms with Gasteiger partial charge in [0, 0.05) is 45.4 Å². The zero-order chi connectivity index (χ0) is 16.6. The van der Waals surface area contributed by atoms with Gasteiger partial charge in [-0.15, -0.1) is 0 Å². The average molecular weight is 331 g/mol. The molecule has 0 aliphatic carbocycles. The number of ether oxygens (including phenoxy) is 1. The van der Waals surface area contributed by atoms with Crippen molar-refractivity contribution in [1.29, 1.82) is 0 Å². The molecule has 6 nitrogen and oxygen atoms in total. The summed E-state index contributed by atoms with van der Waals surface area (Å²) in [6.07, 6.45) is 3.37. The number of aromatic nitrogens is 1. The van der Waals surface area contributed by atoms with Gasteiger partial charge in [0.15, 0.2) is 5.58 Å². The number of hydrogen-bond acceptors (Lipinski definition) is 5. The molecule has 2 aliphatic heterocycles. The molecule has 130 valence electrons. The zero-order valence-corrected chi connectivity index (χ0v) is 14.2. The van der Waals surface area contributed by atoms with Gasteiger partial charge in [0.2, 0.25) is 0 Å². The van der Waals surface area contributed by atoms with E-state index in [2.05, 4.69) is 22.3 Å². The fraction of sp³-hybridized carbons (Fsp3) is 0.611. The first kappa shape index (κ1) is 15.9. The summed E-state index contributed by atoms with van der Waals surface area (Å²) in [6.45, 7) is 5.75. The zero-order valence-electron chi connectivity index (χ0n) is 14.2. The first-order valence-corrected chi connectivity index (χ1v) is 8.80. The van der Waals surface area contributed by atoms with Gasteiger partial charge in [-0.25, -0.2) is 4.79 Å². The highest BCUT2D eigenvalue weighted by molar-refractivity contribution is 5.73. The summed E-state index contributed by atoms with van der Waals surface area (Å²) in [5.41, 5.74) is 2.99. The van der Waals surface area contributed by atoms with Gasteiger partial charge < -0.3 is 14.5 Å². The summed E-state index contributed by atoms with van der Waals surface area (Å²) in [5, 5.41) is 3.53. The Morgan fingerprint density at radius 1 is 1.21 bits per heavy atom. The Kier molecular flexibility index (Phi) is 4.20. The van der Waals surface area contributed by atoms with Crippen molar-refractivity contribution in [3.8, 4) is 0 Å². The van der Waals surface area contributed by atoms with Crippen LogP contribution in [0.2, 0.25) is 0 Å². The van der Waals surface area contributed by atoms with E-state index in [-0.39, 0.29) is 11.3 Å². The second-order valence-electron chi connectivity index (χ2n) is 6.99. The number of oxazole rings is 1. The van der Waals surface area contributed by atoms with Gasteiger partial charge in [-0.1, -0.05) is 6.07 Å². The maximum atomic E-state index is 11.7. The fourth-order valence-electron chi connectivity index (χ4n) is 4.11. The van der Waals surface area contributed by atoms with Crippen LogP contribution >= 0.6 is 0 Å². The Labute approximate surface area is 141 Å². The van der Waals surface area contributed by atoms with Crippen molar-refractivity contribution in [1.82, 2.24) is 14.8 Å². The molecule has 0 amide bonds. The lowest BCUT2D eigenvalue weighted by atomic mass is 9.84. The predicted molar refractivity (Wildman–Crippen MR) is 92.1 cm³/mol. The molecule has 4 rings (SSSR count). The molecule has 6 heteroatoms. The topological polar surface area (TPSA) is 59.6 Å². The number of nitrogens with one attached hydrogen (secondary N) is 1. The van der Waals surface area contributed by atoms with Gasteiger partial charge in [-0.05, 0) is 43.5 Å². The first-order chi connectivity index (χ1) is 11.7. The van der Waals surface area contributed by atoms with Crippen LogP contribution in [0.1, 0.15) is 24.8 Å². The first-order valence-electron chi connectivity index (χ1n) is 8.80. The smallest absolute Gasteiger partial charge is 0.408 e. The number of fused-ring (bicyclic) bond motifs is 1. The summed E-state index contributed by atoms with van der Waals surface area (Å²) in [7, 11) is 1.76. The highest BCUT2D eigenvalue weighted by Gasteiger charge is 2.38. The standard InChI is InChI=1S/C18H25N3O3/c1-20-15-12-14(2-3-16(15)24-17(20)22)13-21-9-8-19-7-4-18(21)5-10-23-11-6-18/h2-3,12,19H,4-11,13H2,1H3. The molecule has 0 radical (unpaired) electrons. The van der Waals surface area contributed by atoms with Crippen LogP contribution in [0.4, 0.5) is 0 Å². The third kappa shape index (κ3) is 2.79. The number of hydrogen-bond donors (Lipinski definition) is 1. The molecule has 1 spiro atoms. The summed E-state index contributed by atoms with van der Waals surface area (Å²) >= 11 is 0. The minimum atomic E-state index is -0.304. The number of nitrogens with zero attached hydrogens (tertiary/aromatic N) is 2. The highest BCUT2D eigenvalue weighted by Crippen LogP contribution is 2.33. The van der Waals surface area contributed by atoms with Gasteiger partial charge in [0.1, 0.15) is 0 Å². The van der Waals surface area contributed by atoms with Crippen LogP contribution in [-0.2, 0) is 18.3 Å². The van der Waals surface area contributed by atoms with E-state index in [4.69, 9.17) is 9.15 Å². The molecule has 2 saturated heterocycles. The molecule has 2 aromatic rings. The summed E-state index contributed by atoms with van der Waals surface area (Å²) in [4.78, 5) is 14.3. The second-order valence-corrected chi connectivity index (χ2v) is 6.99. The van der Waals surface area contributed by atoms with Gasteiger partial charge in [-0.3, -0.25) is 9.47 Å². The molecule has 3 heterocycles. The van der Waals surface area contributed by atoms with Crippen molar-refractivity contribution in [2.45, 2.75) is 31.3 Å². The van der Waals surface area contributed by atoms with E-state index < -0.39 is 0 Å². The lowest BCUT2D eigenvalue weighted by Crippen LogP contribution is -2.52. The van der Waals surface area contributed by atoms with Crippen molar-refractivity contribution in [2.24, 2.45) is 7.05 Å². The summed E-state index contributed by atoms with van der Waals surface area (Å²) < 4.78 is 12.4. The fourth-order valence-corrected chi connectivity index (χ4v) is 4.11. The predicted octanol–water partition coefficient (Wildman–Crippen LogP) is 1.48. The lowest BCUT2D eigenvalue weighted by Gasteiger charge is -2.45. The van der Waals surface area contributed by atoms with Crippen LogP contribution in [0.3, 0.4) is 0 Å². The monoisotopic (exact) mass is 331 g/mol. The minimum absolute atomic E-state index is 0.235. The minimum Gasteiger partial charge on any atom is -0.408 e. The van der Waals surface area contributed by atoms with Crippen molar-refractivity contribution < 1.29 is 9.15 Å². The van der Waals surface area contributed by atoms with Crippen LogP contribution in [0.15, 0.2) is 27.4 Å². The molecular formula is C18H25N3O3. The lowest BCUT2D eigenvalue weighted by molar-refractivity contribution is -0.0308. The van der Waals surface area contributed by atoms with Crippen molar-refractivity contribution in [2.75, 3.05) is 32.8 Å². The van der Waals surface area contributed by atoms with Gasteiger partial charge >= 0.3 is 5.76 Å². The molecule has 1 aromatic carbocycles. The molecule has 1 N–H and O–H groups in total. The molecule has 0 bridgehead atoms. The summed E-state index contributed by atoms with van der Waals surface area (Å²) in [5.74, 6) is -0.304. The largest absolute Gasteiger partial charge is 0.419 e. The van der Waals surface area contributed by atoms with E-state index in [1.165, 1.54) is 12.0 Å². The van der Waals surface area contributed by atoms with E-state index in [0.717, 1.165) is 57.8 Å². The number of benzene rings is 1. The molecule has 2 aliphatic rings. The Bertz CT molecular complexity index is 773. The van der Waals surface area contributed by atoms with Crippen molar-refractivity contribution in [3.05, 3.63) is 34.3 Å². The number of aryl methyl sites for hydroxylation is 1. The van der Waals surface area contributed by atoms with E-state index in [0.29, 0.717) is 5.58 Å². The van der Waals surface area contributed by atoms with Crippen LogP contribution < -0.4 is 11.1 Å². The normalized spacial score (nSPS) is 22.0. The third-order valence-electron chi connectivity index (χ3n) is 5.65. The Balaban J connectivity index is 1.64. The number of rotatable bonds is 2. The molecule has 0 unspecified atom stereocenters. The average Bonchev–Trinajstić information content (AvgIpc) is 2.76. The molecular weight excluding hydrogens is 306 g/mol. The molecule has 24 heavy (non-hydrogen) atoms. The SMILES string of the molecule is Cn1c(=O)oc2ccc(CN3CCNCCC34CCOCC4)cc21. The van der Waals surface area contributed by atoms with Crippen molar-refractivity contribution >= 4 is 11.1 Å². The quantitative estimate of drug-likeness (QED) is 0.903. The second kappa shape index (κ2) is 6.35.